The minimum atomic E-state index is -3.43. The van der Waals surface area contributed by atoms with Crippen LogP contribution in [0.15, 0.2) is 41.3 Å². The second kappa shape index (κ2) is 7.63. The second-order valence-corrected chi connectivity index (χ2v) is 9.94. The molecule has 1 saturated heterocycles. The third-order valence-electron chi connectivity index (χ3n) is 6.13. The lowest BCUT2D eigenvalue weighted by molar-refractivity contribution is 0.173. The second-order valence-electron chi connectivity index (χ2n) is 8.01. The van der Waals surface area contributed by atoms with Gasteiger partial charge in [0.15, 0.2) is 11.5 Å². The third-order valence-corrected chi connectivity index (χ3v) is 8.03. The summed E-state index contributed by atoms with van der Waals surface area (Å²) in [5.74, 6) is 1.57. The first kappa shape index (κ1) is 18.9. The topological polar surface area (TPSA) is 59.1 Å². The molecule has 2 aromatic carbocycles. The summed E-state index contributed by atoms with van der Waals surface area (Å²) < 4.78 is 38.7. The summed E-state index contributed by atoms with van der Waals surface area (Å²) in [6.07, 6.45) is 4.40. The zero-order chi connectivity index (χ0) is 19.8. The van der Waals surface area contributed by atoms with E-state index in [0.29, 0.717) is 18.0 Å². The Morgan fingerprint density at radius 3 is 2.41 bits per heavy atom. The lowest BCUT2D eigenvalue weighted by Gasteiger charge is -2.34. The smallest absolute Gasteiger partial charge is 0.243 e. The van der Waals surface area contributed by atoms with Gasteiger partial charge in [0.05, 0.1) is 4.90 Å². The molecule has 1 fully saturated rings. The van der Waals surface area contributed by atoms with Crippen molar-refractivity contribution in [3.8, 4) is 11.5 Å². The molecule has 2 heterocycles. The van der Waals surface area contributed by atoms with Crippen LogP contribution in [0.1, 0.15) is 29.5 Å². The number of nitrogens with zero attached hydrogens (tertiary/aromatic N) is 2. The van der Waals surface area contributed by atoms with Crippen molar-refractivity contribution in [1.82, 2.24) is 9.21 Å². The number of aryl methyl sites for hydroxylation is 2. The molecule has 7 heteroatoms. The maximum Gasteiger partial charge on any atom is 0.243 e. The van der Waals surface area contributed by atoms with E-state index in [9.17, 15) is 8.42 Å². The number of piperazine rings is 1. The molecule has 154 valence electrons. The van der Waals surface area contributed by atoms with E-state index in [1.54, 1.807) is 10.4 Å². The van der Waals surface area contributed by atoms with Crippen LogP contribution in [0, 0.1) is 0 Å². The Hall–Kier alpha value is -2.09. The highest BCUT2D eigenvalue weighted by Gasteiger charge is 2.29. The Kier molecular flexibility index (Phi) is 4.97. The highest BCUT2D eigenvalue weighted by atomic mass is 32.2. The molecule has 0 aromatic heterocycles. The number of hydrogen-bond donors (Lipinski definition) is 0. The molecule has 0 N–H and O–H groups in total. The van der Waals surface area contributed by atoms with E-state index in [0.717, 1.165) is 56.0 Å². The van der Waals surface area contributed by atoms with Crippen molar-refractivity contribution < 1.29 is 17.9 Å². The third kappa shape index (κ3) is 3.74. The van der Waals surface area contributed by atoms with Crippen molar-refractivity contribution in [2.75, 3.05) is 33.0 Å². The molecule has 6 nitrogen and oxygen atoms in total. The fourth-order valence-electron chi connectivity index (χ4n) is 4.44. The van der Waals surface area contributed by atoms with Crippen LogP contribution in [0.4, 0.5) is 0 Å². The Labute approximate surface area is 172 Å². The molecule has 0 atom stereocenters. The minimum absolute atomic E-state index is 0.276. The minimum Gasteiger partial charge on any atom is -0.454 e. The number of sulfonamides is 1. The number of fused-ring (bicyclic) bond motifs is 2. The van der Waals surface area contributed by atoms with Gasteiger partial charge in [-0.1, -0.05) is 12.1 Å². The average molecular weight is 415 g/mol. The number of ether oxygens (including phenoxy) is 2. The van der Waals surface area contributed by atoms with Gasteiger partial charge in [-0.15, -0.1) is 0 Å². The molecule has 29 heavy (non-hydrogen) atoms. The first-order valence-electron chi connectivity index (χ1n) is 10.3. The Morgan fingerprint density at radius 2 is 1.59 bits per heavy atom. The van der Waals surface area contributed by atoms with Crippen molar-refractivity contribution in [3.63, 3.8) is 0 Å². The molecule has 0 radical (unpaired) electrons. The molecule has 2 aliphatic heterocycles. The Bertz CT molecular complexity index is 1010. The van der Waals surface area contributed by atoms with Crippen LogP contribution >= 0.6 is 0 Å². The van der Waals surface area contributed by atoms with Crippen molar-refractivity contribution >= 4 is 10.0 Å². The normalized spacial score (nSPS) is 19.9. The predicted octanol–water partition coefficient (Wildman–Crippen LogP) is 2.80. The van der Waals surface area contributed by atoms with Crippen LogP contribution in [0.25, 0.3) is 0 Å². The van der Waals surface area contributed by atoms with Gasteiger partial charge in [-0.25, -0.2) is 8.42 Å². The summed E-state index contributed by atoms with van der Waals surface area (Å²) in [4.78, 5) is 2.73. The number of rotatable bonds is 4. The van der Waals surface area contributed by atoms with E-state index in [2.05, 4.69) is 4.90 Å². The molecule has 0 unspecified atom stereocenters. The van der Waals surface area contributed by atoms with Gasteiger partial charge in [-0.05, 0) is 66.6 Å². The predicted molar refractivity (Wildman–Crippen MR) is 110 cm³/mol. The van der Waals surface area contributed by atoms with Crippen LogP contribution in [-0.2, 0) is 29.4 Å². The fourth-order valence-corrected chi connectivity index (χ4v) is 5.92. The first-order chi connectivity index (χ1) is 14.1. The SMILES string of the molecule is O=S(=O)(c1ccc2c(c1)CCCC2)N1CCN(Cc2ccc3c(c2)OCO3)CC1. The van der Waals surface area contributed by atoms with E-state index in [-0.39, 0.29) is 6.79 Å². The van der Waals surface area contributed by atoms with Gasteiger partial charge in [0, 0.05) is 32.7 Å². The van der Waals surface area contributed by atoms with E-state index in [1.165, 1.54) is 17.5 Å². The Balaban J connectivity index is 1.24. The fraction of sp³-hybridized carbons (Fsp3) is 0.455. The van der Waals surface area contributed by atoms with Crippen molar-refractivity contribution in [3.05, 3.63) is 53.1 Å². The molecule has 0 saturated carbocycles. The number of benzene rings is 2. The van der Waals surface area contributed by atoms with Crippen molar-refractivity contribution in [1.29, 1.82) is 0 Å². The summed E-state index contributed by atoms with van der Waals surface area (Å²) in [6, 6.07) is 11.7. The summed E-state index contributed by atoms with van der Waals surface area (Å²) in [6.45, 7) is 3.53. The largest absolute Gasteiger partial charge is 0.454 e. The zero-order valence-electron chi connectivity index (χ0n) is 16.5. The van der Waals surface area contributed by atoms with Gasteiger partial charge in [0.2, 0.25) is 16.8 Å². The lowest BCUT2D eigenvalue weighted by atomic mass is 9.92. The van der Waals surface area contributed by atoms with Crippen molar-refractivity contribution in [2.24, 2.45) is 0 Å². The van der Waals surface area contributed by atoms with Crippen LogP contribution in [0.2, 0.25) is 0 Å². The zero-order valence-corrected chi connectivity index (χ0v) is 17.3. The maximum absolute atomic E-state index is 13.1. The molecular formula is C22H26N2O4S. The first-order valence-corrected chi connectivity index (χ1v) is 11.8. The summed E-state index contributed by atoms with van der Waals surface area (Å²) in [5, 5.41) is 0. The molecule has 3 aliphatic rings. The molecule has 1 aliphatic carbocycles. The van der Waals surface area contributed by atoms with E-state index in [4.69, 9.17) is 9.47 Å². The van der Waals surface area contributed by atoms with Gasteiger partial charge < -0.3 is 9.47 Å². The Morgan fingerprint density at radius 1 is 0.828 bits per heavy atom. The van der Waals surface area contributed by atoms with Gasteiger partial charge in [-0.3, -0.25) is 4.90 Å². The van der Waals surface area contributed by atoms with Crippen LogP contribution < -0.4 is 9.47 Å². The molecule has 0 bridgehead atoms. The van der Waals surface area contributed by atoms with Gasteiger partial charge >= 0.3 is 0 Å². The van der Waals surface area contributed by atoms with Crippen LogP contribution in [0.3, 0.4) is 0 Å². The molecular weight excluding hydrogens is 388 g/mol. The molecule has 5 rings (SSSR count). The standard InChI is InChI=1S/C22H26N2O4S/c25-29(26,20-7-6-18-3-1-2-4-19(18)14-20)24-11-9-23(10-12-24)15-17-5-8-21-22(13-17)28-16-27-21/h5-8,13-14H,1-4,9-12,15-16H2. The highest BCUT2D eigenvalue weighted by Crippen LogP contribution is 2.33. The maximum atomic E-state index is 13.1. The molecule has 0 spiro atoms. The van der Waals surface area contributed by atoms with Gasteiger partial charge in [0.1, 0.15) is 0 Å². The van der Waals surface area contributed by atoms with E-state index < -0.39 is 10.0 Å². The quantitative estimate of drug-likeness (QED) is 0.770. The monoisotopic (exact) mass is 414 g/mol. The van der Waals surface area contributed by atoms with Crippen molar-refractivity contribution in [2.45, 2.75) is 37.1 Å². The summed E-state index contributed by atoms with van der Waals surface area (Å²) in [7, 11) is -3.43. The molecule has 2 aromatic rings. The average Bonchev–Trinajstić information content (AvgIpc) is 3.22. The van der Waals surface area contributed by atoms with Crippen LogP contribution in [-0.4, -0.2) is 50.6 Å². The molecule has 0 amide bonds. The van der Waals surface area contributed by atoms with E-state index in [1.807, 2.05) is 30.3 Å². The van der Waals surface area contributed by atoms with Gasteiger partial charge in [-0.2, -0.15) is 4.31 Å². The summed E-state index contributed by atoms with van der Waals surface area (Å²) in [5.41, 5.74) is 3.67. The van der Waals surface area contributed by atoms with E-state index >= 15 is 0 Å². The van der Waals surface area contributed by atoms with Gasteiger partial charge in [0.25, 0.3) is 0 Å². The lowest BCUT2D eigenvalue weighted by Crippen LogP contribution is -2.48. The highest BCUT2D eigenvalue weighted by molar-refractivity contribution is 7.89. The number of hydrogen-bond acceptors (Lipinski definition) is 5. The van der Waals surface area contributed by atoms with Crippen LogP contribution in [0.5, 0.6) is 11.5 Å². The summed E-state index contributed by atoms with van der Waals surface area (Å²) >= 11 is 0.